The van der Waals surface area contributed by atoms with E-state index in [1.807, 2.05) is 32.0 Å². The van der Waals surface area contributed by atoms with Gasteiger partial charge >= 0.3 is 0 Å². The zero-order valence-electron chi connectivity index (χ0n) is 19.7. The van der Waals surface area contributed by atoms with E-state index in [9.17, 15) is 19.8 Å². The topological polar surface area (TPSA) is 87.1 Å². The quantitative estimate of drug-likeness (QED) is 0.276. The molecule has 0 spiro atoms. The summed E-state index contributed by atoms with van der Waals surface area (Å²) in [5.74, 6) is -1.26. The fraction of sp³-hybridized carbons (Fsp3) is 0.214. The summed E-state index contributed by atoms with van der Waals surface area (Å²) in [4.78, 5) is 27.9. The maximum Gasteiger partial charge on any atom is 0.295 e. The van der Waals surface area contributed by atoms with E-state index in [2.05, 4.69) is 0 Å². The summed E-state index contributed by atoms with van der Waals surface area (Å²) < 4.78 is 5.52. The van der Waals surface area contributed by atoms with E-state index >= 15 is 0 Å². The molecule has 1 amide bonds. The number of aliphatic hydroxyl groups is 1. The molecule has 4 rings (SSSR count). The van der Waals surface area contributed by atoms with Gasteiger partial charge in [0.15, 0.2) is 0 Å². The van der Waals surface area contributed by atoms with E-state index in [1.165, 1.54) is 24.1 Å². The number of Topliss-reactive ketones (excluding diaryl/α,β-unsaturated/α-hetero) is 1. The fourth-order valence-corrected chi connectivity index (χ4v) is 4.69. The van der Waals surface area contributed by atoms with Crippen molar-refractivity contribution in [1.82, 2.24) is 4.90 Å². The van der Waals surface area contributed by atoms with E-state index in [-0.39, 0.29) is 23.6 Å². The van der Waals surface area contributed by atoms with Crippen molar-refractivity contribution >= 4 is 29.1 Å². The van der Waals surface area contributed by atoms with Gasteiger partial charge in [-0.2, -0.15) is 0 Å². The Morgan fingerprint density at radius 2 is 1.69 bits per heavy atom. The number of halogens is 1. The lowest BCUT2D eigenvalue weighted by Gasteiger charge is -2.25. The van der Waals surface area contributed by atoms with E-state index in [0.717, 1.165) is 16.7 Å². The van der Waals surface area contributed by atoms with Gasteiger partial charge in [-0.25, -0.2) is 0 Å². The highest BCUT2D eigenvalue weighted by molar-refractivity contribution is 6.46. The zero-order chi connectivity index (χ0) is 25.3. The summed E-state index contributed by atoms with van der Waals surface area (Å²) >= 11 is 5.98. The number of nitrogens with zero attached hydrogens (tertiary/aromatic N) is 1. The van der Waals surface area contributed by atoms with Crippen molar-refractivity contribution in [2.45, 2.75) is 26.3 Å². The molecule has 0 aromatic heterocycles. The van der Waals surface area contributed by atoms with Crippen LogP contribution in [0.3, 0.4) is 0 Å². The molecule has 6 nitrogen and oxygen atoms in total. The highest BCUT2D eigenvalue weighted by Crippen LogP contribution is 2.42. The van der Waals surface area contributed by atoms with Crippen LogP contribution in [0.4, 0.5) is 0 Å². The minimum atomic E-state index is -0.826. The minimum absolute atomic E-state index is 0.0138. The molecule has 2 N–H and O–H groups in total. The smallest absolute Gasteiger partial charge is 0.295 e. The van der Waals surface area contributed by atoms with Crippen molar-refractivity contribution in [3.63, 3.8) is 0 Å². The van der Waals surface area contributed by atoms with Gasteiger partial charge in [0.05, 0.1) is 24.3 Å². The van der Waals surface area contributed by atoms with Crippen molar-refractivity contribution in [2.75, 3.05) is 13.7 Å². The average Bonchev–Trinajstić information content (AvgIpc) is 3.08. The molecule has 0 aliphatic carbocycles. The third-order valence-corrected chi connectivity index (χ3v) is 6.43. The summed E-state index contributed by atoms with van der Waals surface area (Å²) in [6, 6.07) is 16.4. The molecule has 1 saturated heterocycles. The molecule has 0 radical (unpaired) electrons. The number of ketones is 1. The van der Waals surface area contributed by atoms with Gasteiger partial charge in [-0.1, -0.05) is 41.9 Å². The predicted octanol–water partition coefficient (Wildman–Crippen LogP) is 5.34. The van der Waals surface area contributed by atoms with Gasteiger partial charge in [0.1, 0.15) is 17.3 Å². The molecule has 3 aromatic carbocycles. The van der Waals surface area contributed by atoms with Crippen molar-refractivity contribution in [3.05, 3.63) is 99.1 Å². The number of ether oxygens (including phenoxy) is 1. The van der Waals surface area contributed by atoms with Gasteiger partial charge in [-0.05, 0) is 72.9 Å². The molecular weight excluding hydrogens is 466 g/mol. The van der Waals surface area contributed by atoms with Crippen LogP contribution in [-0.4, -0.2) is 40.5 Å². The number of aryl methyl sites for hydroxylation is 2. The molecule has 3 aromatic rings. The lowest BCUT2D eigenvalue weighted by Crippen LogP contribution is -2.31. The summed E-state index contributed by atoms with van der Waals surface area (Å²) in [5, 5.41) is 21.8. The first kappa shape index (κ1) is 24.4. The number of rotatable bonds is 6. The van der Waals surface area contributed by atoms with Crippen molar-refractivity contribution in [1.29, 1.82) is 0 Å². The van der Waals surface area contributed by atoms with Gasteiger partial charge in [0.2, 0.25) is 0 Å². The maximum absolute atomic E-state index is 13.3. The number of methoxy groups -OCH3 is 1. The molecule has 0 saturated carbocycles. The Balaban J connectivity index is 1.84. The molecule has 1 atom stereocenters. The SMILES string of the molecule is COc1c(C)cc(C)cc1/C(O)=C1\C(=O)C(=O)N(CCc2ccc(Cl)cc2)C1c1ccc(O)cc1. The molecular formula is C28H26ClNO5. The molecule has 1 heterocycles. The number of likely N-dealkylation sites (tertiary alicyclic amines) is 1. The van der Waals surface area contributed by atoms with E-state index in [4.69, 9.17) is 16.3 Å². The number of aliphatic hydroxyl groups excluding tert-OH is 1. The van der Waals surface area contributed by atoms with E-state index < -0.39 is 17.7 Å². The molecule has 7 heteroatoms. The lowest BCUT2D eigenvalue weighted by atomic mass is 9.93. The normalized spacial score (nSPS) is 17.1. The second-order valence-corrected chi connectivity index (χ2v) is 9.06. The Bertz CT molecular complexity index is 1310. The molecule has 180 valence electrons. The van der Waals surface area contributed by atoms with Crippen LogP contribution in [0.2, 0.25) is 5.02 Å². The first-order valence-corrected chi connectivity index (χ1v) is 11.6. The van der Waals surface area contributed by atoms with Crippen molar-refractivity contribution in [2.24, 2.45) is 0 Å². The van der Waals surface area contributed by atoms with Gasteiger partial charge in [-0.15, -0.1) is 0 Å². The van der Waals surface area contributed by atoms with Crippen LogP contribution < -0.4 is 4.74 Å². The van der Waals surface area contributed by atoms with E-state index in [0.29, 0.717) is 28.3 Å². The summed E-state index contributed by atoms with van der Waals surface area (Å²) in [6.07, 6.45) is 0.492. The highest BCUT2D eigenvalue weighted by atomic mass is 35.5. The Morgan fingerprint density at radius 1 is 1.03 bits per heavy atom. The van der Waals surface area contributed by atoms with Gasteiger partial charge in [-0.3, -0.25) is 9.59 Å². The first-order valence-electron chi connectivity index (χ1n) is 11.2. The number of benzene rings is 3. The largest absolute Gasteiger partial charge is 0.508 e. The van der Waals surface area contributed by atoms with Crippen LogP contribution in [0, 0.1) is 13.8 Å². The molecule has 1 fully saturated rings. The Morgan fingerprint density at radius 3 is 2.31 bits per heavy atom. The lowest BCUT2D eigenvalue weighted by molar-refractivity contribution is -0.139. The molecule has 1 aliphatic heterocycles. The second-order valence-electron chi connectivity index (χ2n) is 8.62. The summed E-state index contributed by atoms with van der Waals surface area (Å²) in [5.41, 5.74) is 3.57. The molecule has 1 aliphatic rings. The number of carbonyl (C=O) groups is 2. The van der Waals surface area contributed by atoms with E-state index in [1.54, 1.807) is 30.3 Å². The fourth-order valence-electron chi connectivity index (χ4n) is 4.56. The number of carbonyl (C=O) groups excluding carboxylic acids is 2. The Hall–Kier alpha value is -3.77. The van der Waals surface area contributed by atoms with Crippen LogP contribution >= 0.6 is 11.6 Å². The molecule has 1 unspecified atom stereocenters. The van der Waals surface area contributed by atoms with Crippen LogP contribution in [0.25, 0.3) is 5.76 Å². The Kier molecular flexibility index (Phi) is 6.85. The van der Waals surface area contributed by atoms with Crippen LogP contribution in [-0.2, 0) is 16.0 Å². The minimum Gasteiger partial charge on any atom is -0.508 e. The van der Waals surface area contributed by atoms with Gasteiger partial charge in [0.25, 0.3) is 11.7 Å². The predicted molar refractivity (Wildman–Crippen MR) is 135 cm³/mol. The third-order valence-electron chi connectivity index (χ3n) is 6.18. The zero-order valence-corrected chi connectivity index (χ0v) is 20.5. The third kappa shape index (κ3) is 4.75. The van der Waals surface area contributed by atoms with Crippen LogP contribution in [0.15, 0.2) is 66.2 Å². The monoisotopic (exact) mass is 491 g/mol. The first-order chi connectivity index (χ1) is 16.7. The number of hydrogen-bond donors (Lipinski definition) is 2. The molecule has 35 heavy (non-hydrogen) atoms. The Labute approximate surface area is 209 Å². The number of amides is 1. The van der Waals surface area contributed by atoms with Crippen LogP contribution in [0.1, 0.15) is 33.9 Å². The van der Waals surface area contributed by atoms with Gasteiger partial charge in [0, 0.05) is 11.6 Å². The summed E-state index contributed by atoms with van der Waals surface area (Å²) in [7, 11) is 1.50. The second kappa shape index (κ2) is 9.84. The molecule has 0 bridgehead atoms. The number of phenolic OH excluding ortho intramolecular Hbond substituents is 1. The number of aromatic hydroxyl groups is 1. The average molecular weight is 492 g/mol. The summed E-state index contributed by atoms with van der Waals surface area (Å²) in [6.45, 7) is 3.98. The maximum atomic E-state index is 13.3. The number of phenols is 1. The van der Waals surface area contributed by atoms with Gasteiger partial charge < -0.3 is 19.8 Å². The standard InChI is InChI=1S/C28H26ClNO5/c1-16-14-17(2)27(35-3)22(15-16)25(32)23-24(19-6-10-21(31)11-7-19)30(28(34)26(23)33)13-12-18-4-8-20(29)9-5-18/h4-11,14-15,24,31-32H,12-13H2,1-3H3/b25-23+. The van der Waals surface area contributed by atoms with Crippen LogP contribution in [0.5, 0.6) is 11.5 Å². The number of hydrogen-bond acceptors (Lipinski definition) is 5. The van der Waals surface area contributed by atoms with Crippen molar-refractivity contribution < 1.29 is 24.5 Å². The highest BCUT2D eigenvalue weighted by Gasteiger charge is 2.46. The van der Waals surface area contributed by atoms with Crippen molar-refractivity contribution in [3.8, 4) is 11.5 Å².